The molecule has 1 aliphatic rings. The van der Waals surface area contributed by atoms with Gasteiger partial charge in [0.2, 0.25) is 5.91 Å². The molecule has 1 aromatic carbocycles. The summed E-state index contributed by atoms with van der Waals surface area (Å²) in [6, 6.07) is 10.3. The van der Waals surface area contributed by atoms with Crippen LogP contribution in [0.1, 0.15) is 31.7 Å². The molecule has 3 nitrogen and oxygen atoms in total. The molecule has 1 aromatic rings. The lowest BCUT2D eigenvalue weighted by atomic mass is 10.0. The molecule has 1 fully saturated rings. The van der Waals surface area contributed by atoms with E-state index in [9.17, 15) is 4.79 Å². The van der Waals surface area contributed by atoms with Gasteiger partial charge in [-0.3, -0.25) is 4.79 Å². The van der Waals surface area contributed by atoms with Crippen LogP contribution in [0.2, 0.25) is 0 Å². The molecule has 0 spiro atoms. The van der Waals surface area contributed by atoms with Crippen LogP contribution >= 0.6 is 0 Å². The second-order valence-electron chi connectivity index (χ2n) is 5.35. The molecular weight excluding hydrogens is 236 g/mol. The maximum absolute atomic E-state index is 12.0. The molecule has 0 bridgehead atoms. The number of rotatable bonds is 5. The van der Waals surface area contributed by atoms with Gasteiger partial charge in [-0.25, -0.2) is 0 Å². The van der Waals surface area contributed by atoms with Crippen LogP contribution in [0, 0.1) is 0 Å². The largest absolute Gasteiger partial charge is 0.353 e. The van der Waals surface area contributed by atoms with E-state index in [4.69, 9.17) is 0 Å². The monoisotopic (exact) mass is 260 g/mol. The highest BCUT2D eigenvalue weighted by Gasteiger charge is 2.19. The van der Waals surface area contributed by atoms with E-state index in [1.807, 2.05) is 30.3 Å². The molecule has 0 unspecified atom stereocenters. The number of amides is 1. The van der Waals surface area contributed by atoms with E-state index < -0.39 is 0 Å². The molecule has 0 aromatic heterocycles. The SMILES string of the molecule is CCCN1CCC(NC(=O)Cc2ccccc2)CC1. The van der Waals surface area contributed by atoms with Crippen molar-refractivity contribution in [1.82, 2.24) is 10.2 Å². The Bertz CT molecular complexity index is 383. The number of carbonyl (C=O) groups excluding carboxylic acids is 1. The van der Waals surface area contributed by atoms with E-state index in [1.54, 1.807) is 0 Å². The Morgan fingerprint density at radius 2 is 1.95 bits per heavy atom. The van der Waals surface area contributed by atoms with Crippen LogP contribution in [0.4, 0.5) is 0 Å². The minimum Gasteiger partial charge on any atom is -0.353 e. The van der Waals surface area contributed by atoms with E-state index in [1.165, 1.54) is 13.0 Å². The number of likely N-dealkylation sites (tertiary alicyclic amines) is 1. The Morgan fingerprint density at radius 1 is 1.26 bits per heavy atom. The number of nitrogens with one attached hydrogen (secondary N) is 1. The number of hydrogen-bond acceptors (Lipinski definition) is 2. The van der Waals surface area contributed by atoms with E-state index in [0.29, 0.717) is 12.5 Å². The molecule has 3 heteroatoms. The van der Waals surface area contributed by atoms with Crippen molar-refractivity contribution in [2.24, 2.45) is 0 Å². The number of benzene rings is 1. The molecule has 1 saturated heterocycles. The van der Waals surface area contributed by atoms with Gasteiger partial charge in [0, 0.05) is 19.1 Å². The molecule has 1 N–H and O–H groups in total. The van der Waals surface area contributed by atoms with Crippen molar-refractivity contribution in [3.63, 3.8) is 0 Å². The molecule has 1 aliphatic heterocycles. The lowest BCUT2D eigenvalue weighted by Crippen LogP contribution is -2.45. The standard InChI is InChI=1S/C16H24N2O/c1-2-10-18-11-8-15(9-12-18)17-16(19)13-14-6-4-3-5-7-14/h3-7,15H,2,8-13H2,1H3,(H,17,19). The van der Waals surface area contributed by atoms with Crippen molar-refractivity contribution in [2.75, 3.05) is 19.6 Å². The highest BCUT2D eigenvalue weighted by atomic mass is 16.1. The zero-order chi connectivity index (χ0) is 13.5. The van der Waals surface area contributed by atoms with Crippen LogP contribution in [0.25, 0.3) is 0 Å². The van der Waals surface area contributed by atoms with Crippen LogP contribution in [-0.4, -0.2) is 36.5 Å². The van der Waals surface area contributed by atoms with Crippen molar-refractivity contribution >= 4 is 5.91 Å². The maximum Gasteiger partial charge on any atom is 0.224 e. The minimum absolute atomic E-state index is 0.153. The van der Waals surface area contributed by atoms with Gasteiger partial charge in [-0.05, 0) is 31.4 Å². The summed E-state index contributed by atoms with van der Waals surface area (Å²) < 4.78 is 0. The van der Waals surface area contributed by atoms with Crippen molar-refractivity contribution in [3.8, 4) is 0 Å². The molecule has 1 amide bonds. The summed E-state index contributed by atoms with van der Waals surface area (Å²) >= 11 is 0. The Morgan fingerprint density at radius 3 is 2.58 bits per heavy atom. The summed E-state index contributed by atoms with van der Waals surface area (Å²) in [7, 11) is 0. The zero-order valence-corrected chi connectivity index (χ0v) is 11.8. The molecule has 0 atom stereocenters. The fraction of sp³-hybridized carbons (Fsp3) is 0.562. The highest BCUT2D eigenvalue weighted by Crippen LogP contribution is 2.11. The van der Waals surface area contributed by atoms with E-state index in [2.05, 4.69) is 17.1 Å². The summed E-state index contributed by atoms with van der Waals surface area (Å²) in [4.78, 5) is 14.4. The van der Waals surface area contributed by atoms with Gasteiger partial charge < -0.3 is 10.2 Å². The molecule has 2 rings (SSSR count). The number of piperidine rings is 1. The zero-order valence-electron chi connectivity index (χ0n) is 11.8. The number of hydrogen-bond donors (Lipinski definition) is 1. The molecule has 1 heterocycles. The first-order chi connectivity index (χ1) is 9.28. The Kier molecular flexibility index (Phi) is 5.40. The van der Waals surface area contributed by atoms with Gasteiger partial charge in [0.15, 0.2) is 0 Å². The highest BCUT2D eigenvalue weighted by molar-refractivity contribution is 5.78. The van der Waals surface area contributed by atoms with Gasteiger partial charge in [0.1, 0.15) is 0 Å². The third kappa shape index (κ3) is 4.67. The lowest BCUT2D eigenvalue weighted by molar-refractivity contribution is -0.121. The van der Waals surface area contributed by atoms with Gasteiger partial charge in [-0.1, -0.05) is 37.3 Å². The predicted octanol–water partition coefficient (Wildman–Crippen LogP) is 2.22. The van der Waals surface area contributed by atoms with E-state index in [0.717, 1.165) is 31.5 Å². The van der Waals surface area contributed by atoms with Crippen molar-refractivity contribution in [3.05, 3.63) is 35.9 Å². The molecular formula is C16H24N2O. The maximum atomic E-state index is 12.0. The first kappa shape index (κ1) is 14.1. The lowest BCUT2D eigenvalue weighted by Gasteiger charge is -2.32. The Balaban J connectivity index is 1.72. The number of carbonyl (C=O) groups is 1. The third-order valence-corrected chi connectivity index (χ3v) is 3.70. The van der Waals surface area contributed by atoms with E-state index >= 15 is 0 Å². The fourth-order valence-corrected chi connectivity index (χ4v) is 2.68. The van der Waals surface area contributed by atoms with Crippen LogP contribution in [0.3, 0.4) is 0 Å². The van der Waals surface area contributed by atoms with Gasteiger partial charge in [0.25, 0.3) is 0 Å². The molecule has 0 radical (unpaired) electrons. The van der Waals surface area contributed by atoms with Crippen molar-refractivity contribution in [2.45, 2.75) is 38.6 Å². The topological polar surface area (TPSA) is 32.3 Å². The second-order valence-corrected chi connectivity index (χ2v) is 5.35. The van der Waals surface area contributed by atoms with Crippen LogP contribution in [0.15, 0.2) is 30.3 Å². The average molecular weight is 260 g/mol. The first-order valence-electron chi connectivity index (χ1n) is 7.33. The summed E-state index contributed by atoms with van der Waals surface area (Å²) in [6.45, 7) is 5.63. The van der Waals surface area contributed by atoms with Crippen molar-refractivity contribution in [1.29, 1.82) is 0 Å². The summed E-state index contributed by atoms with van der Waals surface area (Å²) in [5.41, 5.74) is 1.09. The van der Waals surface area contributed by atoms with Gasteiger partial charge in [-0.2, -0.15) is 0 Å². The van der Waals surface area contributed by atoms with Gasteiger partial charge in [0.05, 0.1) is 6.42 Å². The Hall–Kier alpha value is -1.35. The van der Waals surface area contributed by atoms with Crippen LogP contribution in [0.5, 0.6) is 0 Å². The van der Waals surface area contributed by atoms with Gasteiger partial charge >= 0.3 is 0 Å². The van der Waals surface area contributed by atoms with Crippen molar-refractivity contribution < 1.29 is 4.79 Å². The number of nitrogens with zero attached hydrogens (tertiary/aromatic N) is 1. The molecule has 104 valence electrons. The predicted molar refractivity (Wildman–Crippen MR) is 78.0 cm³/mol. The van der Waals surface area contributed by atoms with Crippen LogP contribution in [-0.2, 0) is 11.2 Å². The summed E-state index contributed by atoms with van der Waals surface area (Å²) in [6.07, 6.45) is 3.88. The molecule has 0 aliphatic carbocycles. The minimum atomic E-state index is 0.153. The second kappa shape index (κ2) is 7.29. The first-order valence-corrected chi connectivity index (χ1v) is 7.33. The Labute approximate surface area is 116 Å². The molecule has 0 saturated carbocycles. The quantitative estimate of drug-likeness (QED) is 0.880. The van der Waals surface area contributed by atoms with E-state index in [-0.39, 0.29) is 5.91 Å². The smallest absolute Gasteiger partial charge is 0.224 e. The summed E-state index contributed by atoms with van der Waals surface area (Å²) in [5.74, 6) is 0.153. The average Bonchev–Trinajstić information content (AvgIpc) is 2.42. The van der Waals surface area contributed by atoms with Gasteiger partial charge in [-0.15, -0.1) is 0 Å². The normalized spacial score (nSPS) is 17.3. The summed E-state index contributed by atoms with van der Waals surface area (Å²) in [5, 5.41) is 3.16. The molecule has 19 heavy (non-hydrogen) atoms. The van der Waals surface area contributed by atoms with Crippen LogP contribution < -0.4 is 5.32 Å². The fourth-order valence-electron chi connectivity index (χ4n) is 2.68. The third-order valence-electron chi connectivity index (χ3n) is 3.70.